The topological polar surface area (TPSA) is 77.0 Å². The number of likely N-dealkylation sites (tertiary alicyclic amines) is 1. The number of nitrogens with zero attached hydrogens (tertiary/aromatic N) is 4. The first-order valence-electron chi connectivity index (χ1n) is 10.7. The number of hydrogen-bond acceptors (Lipinski definition) is 8. The molecule has 33 heavy (non-hydrogen) atoms. The first-order chi connectivity index (χ1) is 15.6. The largest absolute Gasteiger partial charge is 0.467 e. The third-order valence-electron chi connectivity index (χ3n) is 5.85. The van der Waals surface area contributed by atoms with Gasteiger partial charge in [-0.05, 0) is 45.4 Å². The van der Waals surface area contributed by atoms with E-state index in [2.05, 4.69) is 10.2 Å². The average molecular weight is 499 g/mol. The minimum atomic E-state index is -1.20. The fourth-order valence-electron chi connectivity index (χ4n) is 4.51. The lowest BCUT2D eigenvalue weighted by atomic mass is 10.0. The fraction of sp³-hybridized carbons (Fsp3) is 0.591. The Morgan fingerprint density at radius 3 is 2.79 bits per heavy atom. The molecule has 1 saturated heterocycles. The van der Waals surface area contributed by atoms with Crippen molar-refractivity contribution in [3.8, 4) is 16.3 Å². The molecule has 1 aliphatic heterocycles. The van der Waals surface area contributed by atoms with Gasteiger partial charge in [-0.3, -0.25) is 0 Å². The van der Waals surface area contributed by atoms with Gasteiger partial charge < -0.3 is 24.0 Å². The summed E-state index contributed by atoms with van der Waals surface area (Å²) in [6, 6.07) is 4.38. The normalized spacial score (nSPS) is 24.3. The molecule has 11 heteroatoms. The molecule has 0 spiro atoms. The molecule has 1 aliphatic carbocycles. The van der Waals surface area contributed by atoms with Crippen LogP contribution in [0.1, 0.15) is 27.2 Å². The first-order valence-corrected chi connectivity index (χ1v) is 11.9. The highest BCUT2D eigenvalue weighted by Gasteiger charge is 2.56. The van der Waals surface area contributed by atoms with Gasteiger partial charge in [-0.2, -0.15) is 0 Å². The molecule has 1 saturated carbocycles. The van der Waals surface area contributed by atoms with Crippen LogP contribution < -0.4 is 9.64 Å². The number of benzene rings is 1. The molecule has 1 amide bonds. The summed E-state index contributed by atoms with van der Waals surface area (Å²) < 4.78 is 31.5. The molecule has 1 aromatic heterocycles. The van der Waals surface area contributed by atoms with Crippen LogP contribution in [0.3, 0.4) is 0 Å². The van der Waals surface area contributed by atoms with Gasteiger partial charge in [0.25, 0.3) is 0 Å². The number of anilines is 1. The molecule has 2 aromatic rings. The van der Waals surface area contributed by atoms with E-state index in [0.717, 1.165) is 5.56 Å². The Kier molecular flexibility index (Phi) is 6.70. The molecular formula is C22H28ClFN4O4S. The summed E-state index contributed by atoms with van der Waals surface area (Å²) in [5.41, 5.74) is 0.117. The zero-order chi connectivity index (χ0) is 23.9. The van der Waals surface area contributed by atoms with Gasteiger partial charge in [-0.25, -0.2) is 9.18 Å². The molecule has 2 bridgehead atoms. The molecule has 4 atom stereocenters. The van der Waals surface area contributed by atoms with Crippen LogP contribution in [0, 0.1) is 5.92 Å². The maximum Gasteiger partial charge on any atom is 0.410 e. The number of rotatable bonds is 6. The van der Waals surface area contributed by atoms with Crippen LogP contribution in [-0.4, -0.2) is 72.5 Å². The van der Waals surface area contributed by atoms with Crippen molar-refractivity contribution in [3.63, 3.8) is 0 Å². The smallest absolute Gasteiger partial charge is 0.410 e. The molecule has 2 aliphatic rings. The Balaban J connectivity index is 1.49. The zero-order valence-corrected chi connectivity index (χ0v) is 20.8. The highest BCUT2D eigenvalue weighted by atomic mass is 35.5. The second-order valence-electron chi connectivity index (χ2n) is 9.32. The SMILES string of the molecule is COCOc1cc(Cl)ccc1-c1nnc(N(C)[C@@H]2C3CC([C@H]2F)N(C(=O)OC(C)(C)C)C3)s1. The number of carbonyl (C=O) groups excluding carboxylic acids is 1. The van der Waals surface area contributed by atoms with Gasteiger partial charge in [0.15, 0.2) is 11.8 Å². The van der Waals surface area contributed by atoms with Gasteiger partial charge in [0, 0.05) is 31.6 Å². The van der Waals surface area contributed by atoms with Crippen LogP contribution in [-0.2, 0) is 9.47 Å². The van der Waals surface area contributed by atoms with Crippen LogP contribution in [0.2, 0.25) is 5.02 Å². The first kappa shape index (κ1) is 24.0. The number of hydrogen-bond donors (Lipinski definition) is 0. The Morgan fingerprint density at radius 1 is 1.36 bits per heavy atom. The molecule has 0 radical (unpaired) electrons. The Bertz CT molecular complexity index is 1010. The maximum absolute atomic E-state index is 15.5. The fourth-order valence-corrected chi connectivity index (χ4v) is 5.55. The van der Waals surface area contributed by atoms with Crippen molar-refractivity contribution in [2.75, 3.05) is 32.4 Å². The van der Waals surface area contributed by atoms with Crippen LogP contribution in [0.4, 0.5) is 14.3 Å². The lowest BCUT2D eigenvalue weighted by Crippen LogP contribution is -2.55. The number of halogens is 2. The van der Waals surface area contributed by atoms with Gasteiger partial charge in [-0.1, -0.05) is 22.9 Å². The van der Waals surface area contributed by atoms with E-state index < -0.39 is 23.9 Å². The third kappa shape index (κ3) is 4.88. The second-order valence-corrected chi connectivity index (χ2v) is 10.7. The lowest BCUT2D eigenvalue weighted by molar-refractivity contribution is 0.00745. The molecule has 8 nitrogen and oxygen atoms in total. The van der Waals surface area contributed by atoms with Gasteiger partial charge in [0.2, 0.25) is 5.13 Å². The number of piperidine rings is 1. The summed E-state index contributed by atoms with van der Waals surface area (Å²) in [6.07, 6.45) is -1.05. The van der Waals surface area contributed by atoms with Crippen LogP contribution >= 0.6 is 22.9 Å². The van der Waals surface area contributed by atoms with E-state index in [4.69, 9.17) is 25.8 Å². The molecule has 180 valence electrons. The van der Waals surface area contributed by atoms with E-state index in [1.165, 1.54) is 23.3 Å². The zero-order valence-electron chi connectivity index (χ0n) is 19.2. The Morgan fingerprint density at radius 2 is 2.12 bits per heavy atom. The van der Waals surface area contributed by atoms with E-state index in [9.17, 15) is 4.79 Å². The van der Waals surface area contributed by atoms with Crippen molar-refractivity contribution < 1.29 is 23.4 Å². The molecule has 2 heterocycles. The van der Waals surface area contributed by atoms with Crippen molar-refractivity contribution in [1.82, 2.24) is 15.1 Å². The van der Waals surface area contributed by atoms with Gasteiger partial charge >= 0.3 is 6.09 Å². The third-order valence-corrected chi connectivity index (χ3v) is 7.13. The highest BCUT2D eigenvalue weighted by molar-refractivity contribution is 7.18. The number of aromatic nitrogens is 2. The summed E-state index contributed by atoms with van der Waals surface area (Å²) in [5.74, 6) is 0.525. The molecule has 4 rings (SSSR count). The second kappa shape index (κ2) is 9.23. The van der Waals surface area contributed by atoms with E-state index in [0.29, 0.717) is 33.9 Å². The maximum atomic E-state index is 15.5. The summed E-state index contributed by atoms with van der Waals surface area (Å²) in [5, 5.41) is 10.4. The number of fused-ring (bicyclic) bond motifs is 2. The molecule has 0 N–H and O–H groups in total. The number of amides is 1. The minimum Gasteiger partial charge on any atom is -0.467 e. The standard InChI is InChI=1S/C22H28ClFN4O4S/c1-22(2,3)32-21(29)28-10-12-8-15(28)17(24)18(12)27(4)20-26-25-19(33-20)14-7-6-13(23)9-16(14)31-11-30-5/h6-7,9,12,15,17-18H,8,10-11H2,1-5H3/t12?,15?,17-,18-/m1/s1. The number of ether oxygens (including phenoxy) is 3. The quantitative estimate of drug-likeness (QED) is 0.537. The highest BCUT2D eigenvalue weighted by Crippen LogP contribution is 2.45. The van der Waals surface area contributed by atoms with Crippen molar-refractivity contribution >= 4 is 34.2 Å². The Hall–Kier alpha value is -2.17. The van der Waals surface area contributed by atoms with Crippen molar-refractivity contribution in [2.45, 2.75) is 51.0 Å². The summed E-state index contributed by atoms with van der Waals surface area (Å²) in [6.45, 7) is 5.96. The van der Waals surface area contributed by atoms with Crippen LogP contribution in [0.15, 0.2) is 18.2 Å². The van der Waals surface area contributed by atoms with Gasteiger partial charge in [-0.15, -0.1) is 10.2 Å². The minimum absolute atomic E-state index is 0.00834. The molecular weight excluding hydrogens is 471 g/mol. The number of carbonyl (C=O) groups is 1. The lowest BCUT2D eigenvalue weighted by Gasteiger charge is -2.38. The van der Waals surface area contributed by atoms with E-state index in [1.807, 2.05) is 38.8 Å². The molecule has 2 unspecified atom stereocenters. The Labute approximate surface area is 201 Å². The summed E-state index contributed by atoms with van der Waals surface area (Å²) >= 11 is 7.45. The van der Waals surface area contributed by atoms with Gasteiger partial charge in [0.1, 0.15) is 17.5 Å². The molecule has 1 aromatic carbocycles. The van der Waals surface area contributed by atoms with Crippen molar-refractivity contribution in [1.29, 1.82) is 0 Å². The number of methoxy groups -OCH3 is 1. The number of alkyl halides is 1. The average Bonchev–Trinajstić information content (AvgIpc) is 3.45. The molecule has 2 fully saturated rings. The predicted octanol–water partition coefficient (Wildman–Crippen LogP) is 4.62. The van der Waals surface area contributed by atoms with Crippen molar-refractivity contribution in [2.24, 2.45) is 5.92 Å². The van der Waals surface area contributed by atoms with E-state index in [-0.39, 0.29) is 18.8 Å². The van der Waals surface area contributed by atoms with Gasteiger partial charge in [0.05, 0.1) is 17.6 Å². The monoisotopic (exact) mass is 498 g/mol. The van der Waals surface area contributed by atoms with Crippen LogP contribution in [0.25, 0.3) is 10.6 Å². The van der Waals surface area contributed by atoms with Crippen molar-refractivity contribution in [3.05, 3.63) is 23.2 Å². The van der Waals surface area contributed by atoms with E-state index in [1.54, 1.807) is 12.1 Å². The predicted molar refractivity (Wildman–Crippen MR) is 125 cm³/mol. The summed E-state index contributed by atoms with van der Waals surface area (Å²) in [7, 11) is 3.36. The van der Waals surface area contributed by atoms with Crippen LogP contribution in [0.5, 0.6) is 5.75 Å². The van der Waals surface area contributed by atoms with E-state index >= 15 is 4.39 Å². The summed E-state index contributed by atoms with van der Waals surface area (Å²) in [4.78, 5) is 15.9.